The Kier molecular flexibility index (Phi) is 7.83. The average Bonchev–Trinajstić information content (AvgIpc) is 2.72. The van der Waals surface area contributed by atoms with E-state index in [1.54, 1.807) is 0 Å². The first-order chi connectivity index (χ1) is 14.4. The van der Waals surface area contributed by atoms with Crippen molar-refractivity contribution in [3.8, 4) is 11.5 Å². The van der Waals surface area contributed by atoms with E-state index >= 15 is 0 Å². The van der Waals surface area contributed by atoms with E-state index in [0.29, 0.717) is 0 Å². The van der Waals surface area contributed by atoms with Gasteiger partial charge in [0.15, 0.2) is 0 Å². The largest absolute Gasteiger partial charge is 0.427 e. The van der Waals surface area contributed by atoms with Crippen LogP contribution in [0.2, 0.25) is 0 Å². The first-order valence-corrected chi connectivity index (χ1v) is 12.8. The molecule has 0 saturated heterocycles. The second-order valence-corrected chi connectivity index (χ2v) is 11.2. The number of para-hydroxylation sites is 2. The van der Waals surface area contributed by atoms with Gasteiger partial charge in [0, 0.05) is 5.31 Å². The summed E-state index contributed by atoms with van der Waals surface area (Å²) in [5, 5.41) is 1.16. The van der Waals surface area contributed by atoms with Crippen LogP contribution in [0.5, 0.6) is 11.5 Å². The van der Waals surface area contributed by atoms with Crippen LogP contribution in [0.1, 0.15) is 72.6 Å². The third kappa shape index (κ3) is 6.25. The van der Waals surface area contributed by atoms with E-state index in [4.69, 9.17) is 13.8 Å². The molecule has 0 atom stereocenters. The third-order valence-electron chi connectivity index (χ3n) is 5.73. The van der Waals surface area contributed by atoms with E-state index in [2.05, 4.69) is 27.7 Å². The lowest BCUT2D eigenvalue weighted by Gasteiger charge is -2.32. The maximum absolute atomic E-state index is 6.73. The lowest BCUT2D eigenvalue weighted by Crippen LogP contribution is -2.19. The lowest BCUT2D eigenvalue weighted by atomic mass is 9.97. The van der Waals surface area contributed by atoms with E-state index in [0.717, 1.165) is 29.7 Å². The van der Waals surface area contributed by atoms with Crippen LogP contribution in [-0.4, -0.2) is 5.54 Å². The Morgan fingerprint density at radius 1 is 0.733 bits per heavy atom. The average molecular weight is 426 g/mol. The van der Waals surface area contributed by atoms with Crippen LogP contribution in [0.4, 0.5) is 0 Å². The summed E-state index contributed by atoms with van der Waals surface area (Å²) >= 11 is 0. The van der Waals surface area contributed by atoms with Gasteiger partial charge in [0.25, 0.3) is 0 Å². The van der Waals surface area contributed by atoms with Gasteiger partial charge in [0.05, 0.1) is 5.54 Å². The van der Waals surface area contributed by atoms with E-state index in [1.807, 2.05) is 60.7 Å². The topological polar surface area (TPSA) is 30.8 Å². The van der Waals surface area contributed by atoms with Crippen LogP contribution in [-0.2, 0) is 0 Å². The molecule has 30 heavy (non-hydrogen) atoms. The van der Waals surface area contributed by atoms with Gasteiger partial charge in [0.2, 0.25) is 0 Å². The van der Waals surface area contributed by atoms with Crippen LogP contribution in [0.3, 0.4) is 0 Å². The molecule has 3 rings (SSSR count). The number of hydrogen-bond acceptors (Lipinski definition) is 3. The van der Waals surface area contributed by atoms with Crippen molar-refractivity contribution in [3.63, 3.8) is 0 Å². The van der Waals surface area contributed by atoms with E-state index in [1.165, 1.54) is 37.7 Å². The molecule has 2 aromatic rings. The Balaban J connectivity index is 2.18. The first-order valence-electron chi connectivity index (χ1n) is 11.2. The molecule has 0 fully saturated rings. The number of allylic oxidation sites excluding steroid dienone is 2. The van der Waals surface area contributed by atoms with Gasteiger partial charge in [-0.25, -0.2) is 4.74 Å². The second kappa shape index (κ2) is 10.4. The molecule has 162 valence electrons. The monoisotopic (exact) mass is 425 g/mol. The summed E-state index contributed by atoms with van der Waals surface area (Å²) in [4.78, 5) is 0. The summed E-state index contributed by atoms with van der Waals surface area (Å²) in [6, 6.07) is 20.0. The van der Waals surface area contributed by atoms with E-state index in [-0.39, 0.29) is 5.54 Å². The summed E-state index contributed by atoms with van der Waals surface area (Å²) in [6.45, 7) is 8.83. The normalized spacial score (nSPS) is 22.1. The van der Waals surface area contributed by atoms with Crippen LogP contribution in [0.25, 0.3) is 0 Å². The fraction of sp³-hybridized carbons (Fsp3) is 0.462. The zero-order valence-corrected chi connectivity index (χ0v) is 19.8. The standard InChI is InChI=1S/C26H36NO2P/c1-22-16-10-6-5-7-15-21-26(3,4)27-30(23(22)2,28-24-17-11-8-12-18-24)29-25-19-13-9-14-20-25/h8-9,11-14,17-20H,5-7,10,15-16,21H2,1-4H3/b23-22+. The van der Waals surface area contributed by atoms with Crippen LogP contribution in [0.15, 0.2) is 76.3 Å². The smallest absolute Gasteiger partial charge is 0.342 e. The molecule has 0 radical (unpaired) electrons. The van der Waals surface area contributed by atoms with Crippen molar-refractivity contribution in [3.05, 3.63) is 71.6 Å². The summed E-state index contributed by atoms with van der Waals surface area (Å²) < 4.78 is 18.9. The van der Waals surface area contributed by atoms with Gasteiger partial charge in [-0.2, -0.15) is 0 Å². The Hall–Kier alpha value is -1.99. The first kappa shape index (κ1) is 22.7. The van der Waals surface area contributed by atoms with Crippen molar-refractivity contribution >= 4 is 7.51 Å². The van der Waals surface area contributed by atoms with Crippen molar-refractivity contribution in [2.24, 2.45) is 4.74 Å². The highest BCUT2D eigenvalue weighted by atomic mass is 31.2. The minimum absolute atomic E-state index is 0.224. The fourth-order valence-corrected chi connectivity index (χ4v) is 6.59. The maximum Gasteiger partial charge on any atom is 0.342 e. The zero-order valence-electron chi connectivity index (χ0n) is 18.9. The molecule has 1 aliphatic heterocycles. The predicted octanol–water partition coefficient (Wildman–Crippen LogP) is 8.99. The Morgan fingerprint density at radius 3 is 1.80 bits per heavy atom. The van der Waals surface area contributed by atoms with Gasteiger partial charge in [0.1, 0.15) is 11.5 Å². The van der Waals surface area contributed by atoms with Gasteiger partial charge in [-0.05, 0) is 71.2 Å². The van der Waals surface area contributed by atoms with Gasteiger partial charge >= 0.3 is 7.51 Å². The predicted molar refractivity (Wildman–Crippen MR) is 128 cm³/mol. The molecule has 1 heterocycles. The minimum Gasteiger partial charge on any atom is -0.427 e. The van der Waals surface area contributed by atoms with E-state index < -0.39 is 7.51 Å². The maximum atomic E-state index is 6.73. The molecule has 4 heteroatoms. The van der Waals surface area contributed by atoms with Crippen LogP contribution in [0, 0.1) is 0 Å². The highest BCUT2D eigenvalue weighted by Gasteiger charge is 2.34. The molecule has 0 spiro atoms. The summed E-state index contributed by atoms with van der Waals surface area (Å²) in [6.07, 6.45) is 8.37. The molecular weight excluding hydrogens is 389 g/mol. The summed E-state index contributed by atoms with van der Waals surface area (Å²) in [5.74, 6) is 1.61. The molecule has 3 nitrogen and oxygen atoms in total. The Labute approximate surface area is 182 Å². The molecule has 0 aromatic heterocycles. The van der Waals surface area contributed by atoms with Crippen molar-refractivity contribution in [1.29, 1.82) is 0 Å². The molecule has 0 N–H and O–H groups in total. The van der Waals surface area contributed by atoms with Crippen LogP contribution >= 0.6 is 7.51 Å². The van der Waals surface area contributed by atoms with Gasteiger partial charge < -0.3 is 9.05 Å². The molecule has 0 saturated carbocycles. The summed E-state index contributed by atoms with van der Waals surface area (Å²) in [7, 11) is -2.75. The SMILES string of the molecule is C/C1=C(/C)P(Oc2ccccc2)(Oc2ccccc2)=NC(C)(C)CCCCCCC1. The highest BCUT2D eigenvalue weighted by molar-refractivity contribution is 7.61. The molecule has 2 aromatic carbocycles. The second-order valence-electron chi connectivity index (χ2n) is 8.88. The Morgan fingerprint density at radius 2 is 1.23 bits per heavy atom. The number of nitrogens with zero attached hydrogens (tertiary/aromatic N) is 1. The molecule has 0 aliphatic carbocycles. The van der Waals surface area contributed by atoms with Gasteiger partial charge in [-0.1, -0.05) is 67.7 Å². The number of benzene rings is 2. The van der Waals surface area contributed by atoms with Gasteiger partial charge in [-0.15, -0.1) is 0 Å². The van der Waals surface area contributed by atoms with Crippen molar-refractivity contribution in [2.75, 3.05) is 0 Å². The minimum atomic E-state index is -2.75. The van der Waals surface area contributed by atoms with E-state index in [9.17, 15) is 0 Å². The fourth-order valence-electron chi connectivity index (χ4n) is 3.83. The van der Waals surface area contributed by atoms with Crippen molar-refractivity contribution < 1.29 is 9.05 Å². The molecule has 0 unspecified atom stereocenters. The molecular formula is C26H36NO2P. The van der Waals surface area contributed by atoms with Gasteiger partial charge in [-0.3, -0.25) is 0 Å². The quantitative estimate of drug-likeness (QED) is 0.458. The molecule has 0 amide bonds. The number of hydrogen-bond donors (Lipinski definition) is 0. The van der Waals surface area contributed by atoms with Crippen LogP contribution < -0.4 is 9.05 Å². The summed E-state index contributed by atoms with van der Waals surface area (Å²) in [5.41, 5.74) is 1.12. The zero-order chi connectivity index (χ0) is 21.5. The molecule has 0 bridgehead atoms. The van der Waals surface area contributed by atoms with Crippen molar-refractivity contribution in [1.82, 2.24) is 0 Å². The van der Waals surface area contributed by atoms with Crippen molar-refractivity contribution in [2.45, 2.75) is 78.2 Å². The Bertz CT molecular complexity index is 842. The third-order valence-corrected chi connectivity index (χ3v) is 8.68. The highest BCUT2D eigenvalue weighted by Crippen LogP contribution is 2.61. The number of rotatable bonds is 4. The molecule has 1 aliphatic rings. The lowest BCUT2D eigenvalue weighted by molar-refractivity contribution is 0.418.